The molecule has 2 aliphatic heterocycles. The van der Waals surface area contributed by atoms with E-state index >= 15 is 0 Å². The summed E-state index contributed by atoms with van der Waals surface area (Å²) in [7, 11) is 0. The Balaban J connectivity index is 1.50. The molecule has 0 N–H and O–H groups in total. The van der Waals surface area contributed by atoms with E-state index in [9.17, 15) is 4.79 Å². The monoisotopic (exact) mass is 278 g/mol. The number of carbonyl (C=O) groups is 1. The Labute approximate surface area is 117 Å². The third-order valence-electron chi connectivity index (χ3n) is 3.33. The average Bonchev–Trinajstić information content (AvgIpc) is 2.86. The van der Waals surface area contributed by atoms with E-state index < -0.39 is 24.3 Å². The molecule has 2 heterocycles. The maximum atomic E-state index is 12.1. The Bertz CT molecular complexity index is 484. The number of carbonyl (C=O) groups excluding carboxylic acids is 1. The molecule has 1 aromatic rings. The van der Waals surface area contributed by atoms with Crippen LogP contribution in [0.4, 0.5) is 0 Å². The van der Waals surface area contributed by atoms with Crippen molar-refractivity contribution in [3.63, 3.8) is 0 Å². The van der Waals surface area contributed by atoms with Crippen LogP contribution in [0.2, 0.25) is 0 Å². The van der Waals surface area contributed by atoms with E-state index in [0.29, 0.717) is 6.61 Å². The summed E-state index contributed by atoms with van der Waals surface area (Å²) in [6.45, 7) is 4.20. The number of fused-ring (bicyclic) bond motifs is 1. The zero-order valence-electron chi connectivity index (χ0n) is 11.6. The van der Waals surface area contributed by atoms with Gasteiger partial charge in [-0.25, -0.2) is 0 Å². The highest BCUT2D eigenvalue weighted by molar-refractivity contribution is 5.90. The van der Waals surface area contributed by atoms with Gasteiger partial charge in [0.05, 0.1) is 13.2 Å². The molecule has 0 aromatic heterocycles. The van der Waals surface area contributed by atoms with Gasteiger partial charge < -0.3 is 18.9 Å². The van der Waals surface area contributed by atoms with E-state index in [1.165, 1.54) is 0 Å². The van der Waals surface area contributed by atoms with E-state index in [2.05, 4.69) is 0 Å². The van der Waals surface area contributed by atoms with Crippen LogP contribution in [-0.2, 0) is 30.3 Å². The molecule has 0 spiro atoms. The minimum atomic E-state index is -0.763. The first kappa shape index (κ1) is 13.7. The second kappa shape index (κ2) is 5.26. The molecule has 3 atom stereocenters. The van der Waals surface area contributed by atoms with Gasteiger partial charge in [0, 0.05) is 0 Å². The van der Waals surface area contributed by atoms with Crippen LogP contribution in [0.5, 0.6) is 0 Å². The summed E-state index contributed by atoms with van der Waals surface area (Å²) in [6, 6.07) is 9.79. The molecule has 3 rings (SSSR count). The lowest BCUT2D eigenvalue weighted by Crippen LogP contribution is -2.32. The van der Waals surface area contributed by atoms with Crippen LogP contribution in [0.15, 0.2) is 30.3 Å². The quantitative estimate of drug-likeness (QED) is 0.838. The first-order valence-corrected chi connectivity index (χ1v) is 6.72. The molecule has 2 fully saturated rings. The van der Waals surface area contributed by atoms with Gasteiger partial charge in [-0.05, 0) is 19.4 Å². The van der Waals surface area contributed by atoms with Crippen LogP contribution in [0, 0.1) is 0 Å². The third-order valence-corrected chi connectivity index (χ3v) is 3.33. The first-order chi connectivity index (χ1) is 9.55. The lowest BCUT2D eigenvalue weighted by Gasteiger charge is -2.19. The molecule has 1 aromatic carbocycles. The van der Waals surface area contributed by atoms with E-state index in [0.717, 1.165) is 5.56 Å². The van der Waals surface area contributed by atoms with Crippen molar-refractivity contribution < 1.29 is 23.7 Å². The second-order valence-corrected chi connectivity index (χ2v) is 5.45. The van der Waals surface area contributed by atoms with Gasteiger partial charge in [0.15, 0.2) is 24.0 Å². The van der Waals surface area contributed by atoms with Crippen LogP contribution < -0.4 is 0 Å². The summed E-state index contributed by atoms with van der Waals surface area (Å²) in [5.41, 5.74) is 1.06. The van der Waals surface area contributed by atoms with Crippen LogP contribution in [0.25, 0.3) is 0 Å². The molecule has 20 heavy (non-hydrogen) atoms. The van der Waals surface area contributed by atoms with Crippen molar-refractivity contribution in [3.05, 3.63) is 35.9 Å². The Kier molecular flexibility index (Phi) is 3.60. The molecule has 0 saturated carbocycles. The van der Waals surface area contributed by atoms with Crippen molar-refractivity contribution in [2.75, 3.05) is 6.61 Å². The van der Waals surface area contributed by atoms with Crippen LogP contribution in [0.1, 0.15) is 19.4 Å². The second-order valence-electron chi connectivity index (χ2n) is 5.45. The normalized spacial score (nSPS) is 31.5. The van der Waals surface area contributed by atoms with Crippen LogP contribution in [0.3, 0.4) is 0 Å². The Hall–Kier alpha value is -1.27. The van der Waals surface area contributed by atoms with Crippen molar-refractivity contribution >= 4 is 5.78 Å². The van der Waals surface area contributed by atoms with Crippen LogP contribution >= 0.6 is 0 Å². The van der Waals surface area contributed by atoms with Gasteiger partial charge in [-0.15, -0.1) is 0 Å². The number of Topliss-reactive ketones (excluding diaryl/α,β-unsaturated/α-hetero) is 1. The van der Waals surface area contributed by atoms with Crippen LogP contribution in [-0.4, -0.2) is 36.7 Å². The van der Waals surface area contributed by atoms with E-state index in [1.54, 1.807) is 13.8 Å². The molecular weight excluding hydrogens is 260 g/mol. The number of ether oxygens (including phenoxy) is 4. The van der Waals surface area contributed by atoms with Gasteiger partial charge in [-0.1, -0.05) is 30.3 Å². The summed E-state index contributed by atoms with van der Waals surface area (Å²) < 4.78 is 22.1. The Morgan fingerprint density at radius 3 is 2.65 bits per heavy atom. The van der Waals surface area contributed by atoms with Gasteiger partial charge in [0.25, 0.3) is 0 Å². The highest BCUT2D eigenvalue weighted by atomic mass is 16.8. The Morgan fingerprint density at radius 1 is 1.20 bits per heavy atom. The molecule has 0 radical (unpaired) electrons. The minimum Gasteiger partial charge on any atom is -0.374 e. The summed E-state index contributed by atoms with van der Waals surface area (Å²) in [6.07, 6.45) is -1.84. The topological polar surface area (TPSA) is 54.0 Å². The molecule has 0 unspecified atom stereocenters. The maximum Gasteiger partial charge on any atom is 0.198 e. The Morgan fingerprint density at radius 2 is 1.95 bits per heavy atom. The lowest BCUT2D eigenvalue weighted by atomic mass is 10.2. The summed E-state index contributed by atoms with van der Waals surface area (Å²) in [5.74, 6) is -0.866. The first-order valence-electron chi connectivity index (χ1n) is 6.72. The fraction of sp³-hybridized carbons (Fsp3) is 0.533. The summed E-state index contributed by atoms with van der Waals surface area (Å²) in [4.78, 5) is 12.1. The van der Waals surface area contributed by atoms with Gasteiger partial charge >= 0.3 is 0 Å². The average molecular weight is 278 g/mol. The molecule has 5 heteroatoms. The van der Waals surface area contributed by atoms with Crippen molar-refractivity contribution in [1.29, 1.82) is 0 Å². The predicted molar refractivity (Wildman–Crippen MR) is 69.8 cm³/mol. The number of benzene rings is 1. The van der Waals surface area contributed by atoms with Crippen molar-refractivity contribution in [1.82, 2.24) is 0 Å². The molecule has 0 aliphatic carbocycles. The molecular formula is C15H18O5. The van der Waals surface area contributed by atoms with E-state index in [-0.39, 0.29) is 12.4 Å². The molecule has 0 amide bonds. The van der Waals surface area contributed by atoms with Crippen molar-refractivity contribution in [2.45, 2.75) is 44.7 Å². The van der Waals surface area contributed by atoms with Gasteiger partial charge in [0.1, 0.15) is 6.10 Å². The molecule has 2 aliphatic rings. The van der Waals surface area contributed by atoms with Crippen molar-refractivity contribution in [2.24, 2.45) is 0 Å². The number of ketones is 1. The molecule has 5 nitrogen and oxygen atoms in total. The van der Waals surface area contributed by atoms with Crippen molar-refractivity contribution in [3.8, 4) is 0 Å². The highest BCUT2D eigenvalue weighted by Gasteiger charge is 2.54. The maximum absolute atomic E-state index is 12.1. The van der Waals surface area contributed by atoms with Gasteiger partial charge in [-0.3, -0.25) is 4.79 Å². The van der Waals surface area contributed by atoms with E-state index in [4.69, 9.17) is 18.9 Å². The lowest BCUT2D eigenvalue weighted by molar-refractivity contribution is -0.209. The zero-order chi connectivity index (χ0) is 14.2. The number of rotatable bonds is 4. The fourth-order valence-electron chi connectivity index (χ4n) is 2.41. The standard InChI is InChI=1S/C15H18O5/c1-15(2)19-13-12(16)11(18-14(13)20-15)9-17-8-10-6-4-3-5-7-10/h3-7,11,13-14H,8-9H2,1-2H3/t11-,13+,14+/m1/s1. The number of hydrogen-bond donors (Lipinski definition) is 0. The summed E-state index contributed by atoms with van der Waals surface area (Å²) in [5, 5.41) is 0. The van der Waals surface area contributed by atoms with Gasteiger partial charge in [0.2, 0.25) is 0 Å². The van der Waals surface area contributed by atoms with E-state index in [1.807, 2.05) is 30.3 Å². The predicted octanol–water partition coefficient (Wildman–Crippen LogP) is 1.65. The van der Waals surface area contributed by atoms with Gasteiger partial charge in [-0.2, -0.15) is 0 Å². The number of hydrogen-bond acceptors (Lipinski definition) is 5. The highest BCUT2D eigenvalue weighted by Crippen LogP contribution is 2.35. The fourth-order valence-corrected chi connectivity index (χ4v) is 2.41. The SMILES string of the molecule is CC1(C)O[C@@H]2O[C@H](COCc3ccccc3)C(=O)[C@@H]2O1. The minimum absolute atomic E-state index is 0.103. The molecule has 108 valence electrons. The summed E-state index contributed by atoms with van der Waals surface area (Å²) >= 11 is 0. The smallest absolute Gasteiger partial charge is 0.198 e. The largest absolute Gasteiger partial charge is 0.374 e. The molecule has 0 bridgehead atoms. The third kappa shape index (κ3) is 2.76. The molecule has 2 saturated heterocycles. The zero-order valence-corrected chi connectivity index (χ0v) is 11.6.